The molecule has 0 radical (unpaired) electrons. The number of rotatable bonds is 4. The Hall–Kier alpha value is -1.20. The van der Waals surface area contributed by atoms with Crippen molar-refractivity contribution in [2.75, 3.05) is 7.11 Å². The zero-order valence-corrected chi connectivity index (χ0v) is 11.6. The number of nitrogens with one attached hydrogen (secondary N) is 1. The molecule has 0 saturated heterocycles. The van der Waals surface area contributed by atoms with Gasteiger partial charge in [-0.25, -0.2) is 4.39 Å². The Morgan fingerprint density at radius 1 is 1.61 bits per heavy atom. The molecule has 0 bridgehead atoms. The number of hydrogen-bond donors (Lipinski definition) is 1. The maximum Gasteiger partial charge on any atom is 0.220 e. The molecular formula is C12H13ClFNO2S. The summed E-state index contributed by atoms with van der Waals surface area (Å²) in [5.74, 6) is -0.646. The highest BCUT2D eigenvalue weighted by Gasteiger charge is 2.22. The van der Waals surface area contributed by atoms with Crippen LogP contribution in [0.4, 0.5) is 4.39 Å². The first kappa shape index (κ1) is 14.9. The summed E-state index contributed by atoms with van der Waals surface area (Å²) in [6.45, 7) is 1.72. The Labute approximate surface area is 115 Å². The maximum absolute atomic E-state index is 13.0. The molecule has 0 aliphatic rings. The molecule has 0 heterocycles. The van der Waals surface area contributed by atoms with Crippen molar-refractivity contribution in [2.24, 2.45) is 0 Å². The standard InChI is InChI=1S/C12H13ClFNO2S/c1-3-10(16)15-11(12(18)17-2)8-5-4-7(14)6-9(8)13/h4-6,11H,3H2,1-2H3,(H,15,16). The molecule has 0 aliphatic carbocycles. The first-order chi connectivity index (χ1) is 8.49. The first-order valence-corrected chi connectivity index (χ1v) is 6.10. The van der Waals surface area contributed by atoms with Gasteiger partial charge in [-0.05, 0) is 24.4 Å². The number of carbonyl (C=O) groups excluding carboxylic acids is 1. The van der Waals surface area contributed by atoms with Crippen molar-refractivity contribution in [3.05, 3.63) is 34.6 Å². The molecule has 1 atom stereocenters. The summed E-state index contributed by atoms with van der Waals surface area (Å²) in [6, 6.07) is 3.24. The van der Waals surface area contributed by atoms with Crippen molar-refractivity contribution in [2.45, 2.75) is 19.4 Å². The molecule has 98 valence electrons. The Bertz CT molecular complexity index is 467. The quantitative estimate of drug-likeness (QED) is 0.866. The van der Waals surface area contributed by atoms with Crippen LogP contribution >= 0.6 is 23.8 Å². The van der Waals surface area contributed by atoms with E-state index in [4.69, 9.17) is 28.6 Å². The lowest BCUT2D eigenvalue weighted by Gasteiger charge is -2.20. The van der Waals surface area contributed by atoms with E-state index >= 15 is 0 Å². The fraction of sp³-hybridized carbons (Fsp3) is 0.333. The number of hydrogen-bond acceptors (Lipinski definition) is 3. The number of halogens is 2. The minimum Gasteiger partial charge on any atom is -0.488 e. The summed E-state index contributed by atoms with van der Waals surface area (Å²) >= 11 is 11.0. The number of benzene rings is 1. The fourth-order valence-electron chi connectivity index (χ4n) is 1.38. The molecule has 1 unspecified atom stereocenters. The van der Waals surface area contributed by atoms with Gasteiger partial charge in [-0.1, -0.05) is 24.6 Å². The van der Waals surface area contributed by atoms with Crippen LogP contribution in [-0.2, 0) is 9.53 Å². The third kappa shape index (κ3) is 3.65. The molecule has 1 aromatic carbocycles. The highest BCUT2D eigenvalue weighted by atomic mass is 35.5. The van der Waals surface area contributed by atoms with Crippen molar-refractivity contribution in [3.8, 4) is 0 Å². The fourth-order valence-corrected chi connectivity index (χ4v) is 1.84. The molecule has 0 fully saturated rings. The highest BCUT2D eigenvalue weighted by Crippen LogP contribution is 2.25. The van der Waals surface area contributed by atoms with Crippen LogP contribution in [0.1, 0.15) is 24.9 Å². The molecule has 18 heavy (non-hydrogen) atoms. The van der Waals surface area contributed by atoms with E-state index in [0.29, 0.717) is 12.0 Å². The van der Waals surface area contributed by atoms with Crippen LogP contribution in [-0.4, -0.2) is 18.1 Å². The third-order valence-corrected chi connectivity index (χ3v) is 3.07. The monoisotopic (exact) mass is 289 g/mol. The molecule has 6 heteroatoms. The second-order valence-corrected chi connectivity index (χ2v) is 4.35. The molecule has 0 aromatic heterocycles. The second kappa shape index (κ2) is 6.66. The summed E-state index contributed by atoms with van der Waals surface area (Å²) in [4.78, 5) is 11.5. The molecule has 1 aromatic rings. The number of amides is 1. The van der Waals surface area contributed by atoms with Gasteiger partial charge in [0.15, 0.2) is 5.05 Å². The van der Waals surface area contributed by atoms with Crippen molar-refractivity contribution in [1.29, 1.82) is 0 Å². The minimum atomic E-state index is -0.662. The van der Waals surface area contributed by atoms with Gasteiger partial charge >= 0.3 is 0 Å². The summed E-state index contributed by atoms with van der Waals surface area (Å²) in [5, 5.41) is 3.04. The third-order valence-electron chi connectivity index (χ3n) is 2.34. The average Bonchev–Trinajstić information content (AvgIpc) is 2.35. The predicted molar refractivity (Wildman–Crippen MR) is 72.2 cm³/mol. The predicted octanol–water partition coefficient (Wildman–Crippen LogP) is 3.02. The van der Waals surface area contributed by atoms with Crippen LogP contribution < -0.4 is 5.32 Å². The summed E-state index contributed by atoms with van der Waals surface area (Å²) in [7, 11) is 1.41. The van der Waals surface area contributed by atoms with Gasteiger partial charge < -0.3 is 10.1 Å². The van der Waals surface area contributed by atoms with E-state index in [1.165, 1.54) is 25.3 Å². The van der Waals surface area contributed by atoms with Crippen LogP contribution in [0.25, 0.3) is 0 Å². The van der Waals surface area contributed by atoms with Crippen LogP contribution in [0.5, 0.6) is 0 Å². The molecule has 0 saturated carbocycles. The number of thiocarbonyl (C=S) groups is 1. The number of methoxy groups -OCH3 is 1. The molecule has 1 rings (SSSR count). The van der Waals surface area contributed by atoms with Gasteiger partial charge in [-0.3, -0.25) is 4.79 Å². The summed E-state index contributed by atoms with van der Waals surface area (Å²) in [5.41, 5.74) is 0.506. The maximum atomic E-state index is 13.0. The highest BCUT2D eigenvalue weighted by molar-refractivity contribution is 7.80. The van der Waals surface area contributed by atoms with Gasteiger partial charge in [0.1, 0.15) is 11.9 Å². The zero-order valence-electron chi connectivity index (χ0n) is 10.00. The first-order valence-electron chi connectivity index (χ1n) is 5.31. The normalized spacial score (nSPS) is 11.8. The Kier molecular flexibility index (Phi) is 5.50. The Morgan fingerprint density at radius 2 is 2.28 bits per heavy atom. The van der Waals surface area contributed by atoms with E-state index in [9.17, 15) is 9.18 Å². The van der Waals surface area contributed by atoms with Gasteiger partial charge in [0.2, 0.25) is 5.91 Å². The lowest BCUT2D eigenvalue weighted by atomic mass is 10.1. The molecule has 0 spiro atoms. The van der Waals surface area contributed by atoms with Crippen molar-refractivity contribution in [3.63, 3.8) is 0 Å². The van der Waals surface area contributed by atoms with Crippen molar-refractivity contribution < 1.29 is 13.9 Å². The SMILES string of the molecule is CCC(=O)NC(C(=S)OC)c1ccc(F)cc1Cl. The second-order valence-electron chi connectivity index (χ2n) is 3.54. The molecule has 1 N–H and O–H groups in total. The van der Waals surface area contributed by atoms with Crippen molar-refractivity contribution in [1.82, 2.24) is 5.32 Å². The van der Waals surface area contributed by atoms with Gasteiger partial charge in [0.25, 0.3) is 0 Å². The molecule has 0 aliphatic heterocycles. The lowest BCUT2D eigenvalue weighted by Crippen LogP contribution is -2.33. The van der Waals surface area contributed by atoms with Crippen LogP contribution in [0, 0.1) is 5.82 Å². The number of ether oxygens (including phenoxy) is 1. The van der Waals surface area contributed by atoms with Crippen LogP contribution in [0.15, 0.2) is 18.2 Å². The van der Waals surface area contributed by atoms with Gasteiger partial charge in [0, 0.05) is 17.0 Å². The topological polar surface area (TPSA) is 38.3 Å². The van der Waals surface area contributed by atoms with Crippen molar-refractivity contribution >= 4 is 34.8 Å². The average molecular weight is 290 g/mol. The van der Waals surface area contributed by atoms with E-state index in [1.807, 2.05) is 0 Å². The summed E-state index contributed by atoms with van der Waals surface area (Å²) in [6.07, 6.45) is 0.307. The zero-order chi connectivity index (χ0) is 13.7. The van der Waals surface area contributed by atoms with Gasteiger partial charge in [-0.2, -0.15) is 0 Å². The van der Waals surface area contributed by atoms with Gasteiger partial charge in [-0.15, -0.1) is 0 Å². The van der Waals surface area contributed by atoms with E-state index < -0.39 is 11.9 Å². The lowest BCUT2D eigenvalue weighted by molar-refractivity contribution is -0.121. The molecular weight excluding hydrogens is 277 g/mol. The van der Waals surface area contributed by atoms with E-state index in [2.05, 4.69) is 5.32 Å². The molecule has 3 nitrogen and oxygen atoms in total. The van der Waals surface area contributed by atoms with E-state index in [1.54, 1.807) is 6.92 Å². The Balaban J connectivity index is 3.09. The molecule has 1 amide bonds. The smallest absolute Gasteiger partial charge is 0.220 e. The minimum absolute atomic E-state index is 0.172. The van der Waals surface area contributed by atoms with E-state index in [-0.39, 0.29) is 16.0 Å². The number of carbonyl (C=O) groups is 1. The van der Waals surface area contributed by atoms with Crippen LogP contribution in [0.2, 0.25) is 5.02 Å². The summed E-state index contributed by atoms with van der Waals surface area (Å²) < 4.78 is 17.9. The van der Waals surface area contributed by atoms with Crippen LogP contribution in [0.3, 0.4) is 0 Å². The van der Waals surface area contributed by atoms with Gasteiger partial charge in [0.05, 0.1) is 7.11 Å². The Morgan fingerprint density at radius 3 is 2.78 bits per heavy atom. The van der Waals surface area contributed by atoms with E-state index in [0.717, 1.165) is 0 Å². The largest absolute Gasteiger partial charge is 0.488 e.